The fourth-order valence-electron chi connectivity index (χ4n) is 3.44. The summed E-state index contributed by atoms with van der Waals surface area (Å²) in [7, 11) is 0. The molecule has 2 aromatic carbocycles. The van der Waals surface area contributed by atoms with Gasteiger partial charge in [0.25, 0.3) is 5.91 Å². The van der Waals surface area contributed by atoms with E-state index in [1.807, 2.05) is 18.2 Å². The van der Waals surface area contributed by atoms with Crippen LogP contribution in [0.1, 0.15) is 27.4 Å². The molecule has 3 aromatic rings. The van der Waals surface area contributed by atoms with Crippen molar-refractivity contribution in [1.29, 1.82) is 0 Å². The van der Waals surface area contributed by atoms with Gasteiger partial charge in [-0.1, -0.05) is 30.3 Å². The van der Waals surface area contributed by atoms with Gasteiger partial charge in [0.15, 0.2) is 0 Å². The molecule has 1 N–H and O–H groups in total. The second-order valence-corrected chi connectivity index (χ2v) is 6.82. The van der Waals surface area contributed by atoms with E-state index in [0.29, 0.717) is 30.4 Å². The molecule has 0 radical (unpaired) electrons. The van der Waals surface area contributed by atoms with Crippen molar-refractivity contribution >= 4 is 17.4 Å². The highest BCUT2D eigenvalue weighted by atomic mass is 19.1. The van der Waals surface area contributed by atoms with Gasteiger partial charge in [0.2, 0.25) is 0 Å². The van der Waals surface area contributed by atoms with Crippen molar-refractivity contribution in [2.24, 2.45) is 0 Å². The number of aryl methyl sites for hydroxylation is 1. The first-order valence-corrected chi connectivity index (χ1v) is 9.34. The molecule has 0 unspecified atom stereocenters. The molecule has 0 aliphatic carbocycles. The number of para-hydroxylation sites is 1. The highest BCUT2D eigenvalue weighted by Gasteiger charge is 2.26. The van der Waals surface area contributed by atoms with E-state index < -0.39 is 0 Å². The maximum atomic E-state index is 13.0. The van der Waals surface area contributed by atoms with E-state index in [-0.39, 0.29) is 11.7 Å². The average Bonchev–Trinajstić information content (AvgIpc) is 3.13. The molecule has 28 heavy (non-hydrogen) atoms. The number of benzene rings is 2. The molecule has 0 fully saturated rings. The van der Waals surface area contributed by atoms with Crippen LogP contribution < -0.4 is 10.2 Å². The Labute approximate surface area is 163 Å². The molecule has 2 heterocycles. The summed E-state index contributed by atoms with van der Waals surface area (Å²) in [6, 6.07) is 16.1. The van der Waals surface area contributed by atoms with E-state index in [9.17, 15) is 9.18 Å². The highest BCUT2D eigenvalue weighted by Crippen LogP contribution is 2.28. The number of nitrogens with zero attached hydrogens (tertiary/aromatic N) is 3. The van der Waals surface area contributed by atoms with Crippen LogP contribution in [0.2, 0.25) is 0 Å². The Bertz CT molecular complexity index is 1000. The van der Waals surface area contributed by atoms with Crippen LogP contribution in [0.25, 0.3) is 0 Å². The first-order chi connectivity index (χ1) is 13.6. The predicted octanol–water partition coefficient (Wildman–Crippen LogP) is 3.78. The second kappa shape index (κ2) is 7.76. The quantitative estimate of drug-likeness (QED) is 0.736. The fourth-order valence-corrected chi connectivity index (χ4v) is 3.44. The topological polar surface area (TPSA) is 58.1 Å². The molecule has 6 heteroatoms. The van der Waals surface area contributed by atoms with E-state index in [0.717, 1.165) is 24.1 Å². The highest BCUT2D eigenvalue weighted by molar-refractivity contribution is 6.06. The number of aromatic nitrogens is 2. The molecule has 1 amide bonds. The van der Waals surface area contributed by atoms with E-state index in [1.54, 1.807) is 30.0 Å². The average molecular weight is 376 g/mol. The number of fused-ring (bicyclic) bond motifs is 1. The zero-order valence-corrected chi connectivity index (χ0v) is 15.7. The smallest absolute Gasteiger partial charge is 0.277 e. The summed E-state index contributed by atoms with van der Waals surface area (Å²) < 4.78 is 13.0. The summed E-state index contributed by atoms with van der Waals surface area (Å²) in [5.41, 5.74) is 3.55. The van der Waals surface area contributed by atoms with Crippen LogP contribution in [0.15, 0.2) is 54.6 Å². The molecule has 142 valence electrons. The van der Waals surface area contributed by atoms with Gasteiger partial charge in [-0.05, 0) is 49.1 Å². The monoisotopic (exact) mass is 376 g/mol. The summed E-state index contributed by atoms with van der Waals surface area (Å²) in [5.74, 6) is 0.805. The van der Waals surface area contributed by atoms with Crippen molar-refractivity contribution in [2.75, 3.05) is 23.3 Å². The first kappa shape index (κ1) is 18.1. The molecule has 0 spiro atoms. The predicted molar refractivity (Wildman–Crippen MR) is 107 cm³/mol. The van der Waals surface area contributed by atoms with E-state index in [4.69, 9.17) is 0 Å². The van der Waals surface area contributed by atoms with E-state index in [2.05, 4.69) is 21.4 Å². The number of rotatable bonds is 5. The third-order valence-electron chi connectivity index (χ3n) is 4.82. The van der Waals surface area contributed by atoms with Crippen LogP contribution in [0.5, 0.6) is 0 Å². The number of anilines is 2. The second-order valence-electron chi connectivity index (χ2n) is 6.82. The maximum absolute atomic E-state index is 13.0. The number of carbonyl (C=O) groups excluding carboxylic acids is 1. The fraction of sp³-hybridized carbons (Fsp3) is 0.227. The molecule has 0 bridgehead atoms. The van der Waals surface area contributed by atoms with Gasteiger partial charge in [0, 0.05) is 24.8 Å². The number of amides is 1. The summed E-state index contributed by atoms with van der Waals surface area (Å²) in [5, 5.41) is 3.24. The van der Waals surface area contributed by atoms with Crippen LogP contribution in [-0.2, 0) is 12.8 Å². The Hall–Kier alpha value is -3.28. The molecule has 1 aliphatic heterocycles. The molecule has 0 saturated heterocycles. The lowest BCUT2D eigenvalue weighted by Gasteiger charge is -2.17. The van der Waals surface area contributed by atoms with Gasteiger partial charge in [0.05, 0.1) is 0 Å². The van der Waals surface area contributed by atoms with Gasteiger partial charge in [-0.3, -0.25) is 4.79 Å². The standard InChI is InChI=1S/C22H21FN4O/c1-15-25-19(22(28)27-13-11-17-4-2-3-5-20(17)27)14-21(26-15)24-12-10-16-6-8-18(23)9-7-16/h2-9,14H,10-13H2,1H3,(H,24,25,26). The lowest BCUT2D eigenvalue weighted by Crippen LogP contribution is -2.30. The summed E-state index contributed by atoms with van der Waals surface area (Å²) in [6.45, 7) is 3.07. The molecule has 0 atom stereocenters. The van der Waals surface area contributed by atoms with Gasteiger partial charge in [-0.2, -0.15) is 0 Å². The molecular weight excluding hydrogens is 355 g/mol. The molecule has 0 saturated carbocycles. The number of hydrogen-bond donors (Lipinski definition) is 1. The van der Waals surface area contributed by atoms with Gasteiger partial charge >= 0.3 is 0 Å². The zero-order valence-electron chi connectivity index (χ0n) is 15.7. The van der Waals surface area contributed by atoms with Crippen molar-refractivity contribution in [3.05, 3.63) is 83.1 Å². The van der Waals surface area contributed by atoms with Crippen LogP contribution >= 0.6 is 0 Å². The number of hydrogen-bond acceptors (Lipinski definition) is 4. The van der Waals surface area contributed by atoms with Crippen molar-refractivity contribution in [3.8, 4) is 0 Å². The molecule has 1 aromatic heterocycles. The molecular formula is C22H21FN4O. The Kier molecular flexibility index (Phi) is 5.02. The molecule has 1 aliphatic rings. The number of carbonyl (C=O) groups is 1. The van der Waals surface area contributed by atoms with E-state index >= 15 is 0 Å². The number of halogens is 1. The van der Waals surface area contributed by atoms with Crippen molar-refractivity contribution in [1.82, 2.24) is 9.97 Å². The Balaban J connectivity index is 1.46. The third-order valence-corrected chi connectivity index (χ3v) is 4.82. The first-order valence-electron chi connectivity index (χ1n) is 9.34. The number of nitrogens with one attached hydrogen (secondary N) is 1. The van der Waals surface area contributed by atoms with Crippen LogP contribution in [0.3, 0.4) is 0 Å². The Morgan fingerprint density at radius 2 is 1.93 bits per heavy atom. The molecule has 4 rings (SSSR count). The lowest BCUT2D eigenvalue weighted by molar-refractivity contribution is 0.0984. The largest absolute Gasteiger partial charge is 0.370 e. The minimum Gasteiger partial charge on any atom is -0.370 e. The van der Waals surface area contributed by atoms with Crippen LogP contribution in [-0.4, -0.2) is 29.0 Å². The van der Waals surface area contributed by atoms with Crippen molar-refractivity contribution < 1.29 is 9.18 Å². The minimum atomic E-state index is -0.241. The van der Waals surface area contributed by atoms with E-state index in [1.165, 1.54) is 17.7 Å². The molecule has 5 nitrogen and oxygen atoms in total. The van der Waals surface area contributed by atoms with Gasteiger partial charge in [-0.25, -0.2) is 14.4 Å². The van der Waals surface area contributed by atoms with Crippen LogP contribution in [0.4, 0.5) is 15.9 Å². The Morgan fingerprint density at radius 3 is 2.75 bits per heavy atom. The third kappa shape index (κ3) is 3.86. The summed E-state index contributed by atoms with van der Waals surface area (Å²) in [4.78, 5) is 23.5. The zero-order chi connectivity index (χ0) is 19.5. The summed E-state index contributed by atoms with van der Waals surface area (Å²) in [6.07, 6.45) is 1.58. The summed E-state index contributed by atoms with van der Waals surface area (Å²) >= 11 is 0. The minimum absolute atomic E-state index is 0.114. The van der Waals surface area contributed by atoms with Gasteiger partial charge in [0.1, 0.15) is 23.2 Å². The van der Waals surface area contributed by atoms with Crippen molar-refractivity contribution in [3.63, 3.8) is 0 Å². The SMILES string of the molecule is Cc1nc(NCCc2ccc(F)cc2)cc(C(=O)N2CCc3ccccc32)n1. The Morgan fingerprint density at radius 1 is 1.14 bits per heavy atom. The maximum Gasteiger partial charge on any atom is 0.277 e. The van der Waals surface area contributed by atoms with Gasteiger partial charge in [-0.15, -0.1) is 0 Å². The van der Waals surface area contributed by atoms with Crippen molar-refractivity contribution in [2.45, 2.75) is 19.8 Å². The van der Waals surface area contributed by atoms with Gasteiger partial charge < -0.3 is 10.2 Å². The van der Waals surface area contributed by atoms with Crippen LogP contribution in [0, 0.1) is 12.7 Å². The lowest BCUT2D eigenvalue weighted by atomic mass is 10.1. The normalized spacial score (nSPS) is 12.7.